The molecule has 35 heavy (non-hydrogen) atoms. The molecule has 3 rings (SSSR count). The monoisotopic (exact) mass is 498 g/mol. The Morgan fingerprint density at radius 1 is 0.914 bits per heavy atom. The summed E-state index contributed by atoms with van der Waals surface area (Å²) in [6.07, 6.45) is 0. The number of anilines is 1. The lowest BCUT2D eigenvalue weighted by Crippen LogP contribution is -2.42. The average Bonchev–Trinajstić information content (AvgIpc) is 2.87. The Morgan fingerprint density at radius 3 is 2.34 bits per heavy atom. The van der Waals surface area contributed by atoms with Crippen molar-refractivity contribution in [2.24, 2.45) is 0 Å². The first-order valence-corrected chi connectivity index (χ1v) is 12.5. The van der Waals surface area contributed by atoms with Crippen LogP contribution >= 0.6 is 0 Å². The molecule has 186 valence electrons. The van der Waals surface area contributed by atoms with Gasteiger partial charge in [-0.3, -0.25) is 9.10 Å². The molecule has 0 heterocycles. The van der Waals surface area contributed by atoms with E-state index in [1.54, 1.807) is 30.3 Å². The third kappa shape index (κ3) is 6.24. The van der Waals surface area contributed by atoms with Crippen molar-refractivity contribution in [3.8, 4) is 17.2 Å². The normalized spacial score (nSPS) is 11.0. The maximum Gasteiger partial charge on any atom is 0.264 e. The number of rotatable bonds is 11. The third-order valence-corrected chi connectivity index (χ3v) is 7.28. The van der Waals surface area contributed by atoms with Gasteiger partial charge in [0.1, 0.15) is 30.4 Å². The summed E-state index contributed by atoms with van der Waals surface area (Å²) in [5, 5.41) is 2.73. The van der Waals surface area contributed by atoms with E-state index >= 15 is 0 Å². The summed E-state index contributed by atoms with van der Waals surface area (Å²) in [5.41, 5.74) is 2.34. The number of sulfonamides is 1. The van der Waals surface area contributed by atoms with Gasteiger partial charge in [0.25, 0.3) is 10.0 Å². The summed E-state index contributed by atoms with van der Waals surface area (Å²) < 4.78 is 44.6. The van der Waals surface area contributed by atoms with E-state index in [2.05, 4.69) is 5.32 Å². The second-order valence-corrected chi connectivity index (χ2v) is 9.62. The second-order valence-electron chi connectivity index (χ2n) is 7.76. The largest absolute Gasteiger partial charge is 0.497 e. The first-order valence-electron chi connectivity index (χ1n) is 11.0. The highest BCUT2D eigenvalue weighted by Crippen LogP contribution is 2.35. The van der Waals surface area contributed by atoms with Crippen LogP contribution in [0.15, 0.2) is 71.6 Å². The molecule has 0 radical (unpaired) electrons. The predicted octanol–water partition coefficient (Wildman–Crippen LogP) is 3.71. The number of amides is 1. The molecule has 1 N–H and O–H groups in total. The van der Waals surface area contributed by atoms with Crippen LogP contribution in [-0.4, -0.2) is 48.2 Å². The molecule has 8 nitrogen and oxygen atoms in total. The van der Waals surface area contributed by atoms with Gasteiger partial charge in [-0.15, -0.1) is 0 Å². The molecule has 1 amide bonds. The highest BCUT2D eigenvalue weighted by atomic mass is 32.2. The standard InChI is InChI=1S/C26H30N2O6S/c1-19-9-8-12-24(20(19)2)34-16-15-27-26(29)18-28(35(30,31)22-10-6-5-7-11-22)23-17-21(32-3)13-14-25(23)33-4/h5-14,17H,15-16,18H2,1-4H3,(H,27,29). The van der Waals surface area contributed by atoms with Gasteiger partial charge >= 0.3 is 0 Å². The van der Waals surface area contributed by atoms with E-state index in [4.69, 9.17) is 14.2 Å². The van der Waals surface area contributed by atoms with Crippen molar-refractivity contribution in [1.29, 1.82) is 0 Å². The molecule has 0 fully saturated rings. The molecular formula is C26H30N2O6S. The fourth-order valence-electron chi connectivity index (χ4n) is 3.43. The molecule has 0 aromatic heterocycles. The molecule has 0 saturated carbocycles. The number of nitrogens with one attached hydrogen (secondary N) is 1. The van der Waals surface area contributed by atoms with Crippen LogP contribution in [0.3, 0.4) is 0 Å². The Hall–Kier alpha value is -3.72. The number of benzene rings is 3. The predicted molar refractivity (Wildman–Crippen MR) is 135 cm³/mol. The van der Waals surface area contributed by atoms with Crippen LogP contribution in [-0.2, 0) is 14.8 Å². The molecule has 0 spiro atoms. The quantitative estimate of drug-likeness (QED) is 0.405. The summed E-state index contributed by atoms with van der Waals surface area (Å²) in [6.45, 7) is 3.96. The highest BCUT2D eigenvalue weighted by Gasteiger charge is 2.29. The first kappa shape index (κ1) is 25.9. The lowest BCUT2D eigenvalue weighted by Gasteiger charge is -2.26. The highest BCUT2D eigenvalue weighted by molar-refractivity contribution is 7.92. The van der Waals surface area contributed by atoms with Crippen molar-refractivity contribution in [2.45, 2.75) is 18.7 Å². The van der Waals surface area contributed by atoms with E-state index < -0.39 is 22.5 Å². The van der Waals surface area contributed by atoms with Gasteiger partial charge in [0.2, 0.25) is 5.91 Å². The smallest absolute Gasteiger partial charge is 0.264 e. The lowest BCUT2D eigenvalue weighted by molar-refractivity contribution is -0.119. The van der Waals surface area contributed by atoms with Crippen LogP contribution in [0.5, 0.6) is 17.2 Å². The number of methoxy groups -OCH3 is 2. The molecule has 0 aliphatic rings. The van der Waals surface area contributed by atoms with Gasteiger partial charge in [-0.2, -0.15) is 0 Å². The number of hydrogen-bond donors (Lipinski definition) is 1. The van der Waals surface area contributed by atoms with Crippen molar-refractivity contribution in [2.75, 3.05) is 38.2 Å². The number of ether oxygens (including phenoxy) is 3. The number of carbonyl (C=O) groups is 1. The Labute approximate surface area is 206 Å². The Kier molecular flexibility index (Phi) is 8.59. The third-order valence-electron chi connectivity index (χ3n) is 5.51. The molecule has 3 aromatic carbocycles. The second kappa shape index (κ2) is 11.6. The van der Waals surface area contributed by atoms with Gasteiger partial charge in [0, 0.05) is 6.07 Å². The number of hydrogen-bond acceptors (Lipinski definition) is 6. The zero-order valence-corrected chi connectivity index (χ0v) is 21.1. The zero-order valence-electron chi connectivity index (χ0n) is 20.3. The summed E-state index contributed by atoms with van der Waals surface area (Å²) >= 11 is 0. The molecule has 0 aliphatic carbocycles. The van der Waals surface area contributed by atoms with Crippen molar-refractivity contribution < 1.29 is 27.4 Å². The molecular weight excluding hydrogens is 468 g/mol. The van der Waals surface area contributed by atoms with E-state index in [0.29, 0.717) is 5.75 Å². The fraction of sp³-hybridized carbons (Fsp3) is 0.269. The van der Waals surface area contributed by atoms with Gasteiger partial charge in [-0.05, 0) is 55.3 Å². The van der Waals surface area contributed by atoms with Crippen molar-refractivity contribution in [3.05, 3.63) is 77.9 Å². The molecule has 0 unspecified atom stereocenters. The van der Waals surface area contributed by atoms with Gasteiger partial charge in [0.05, 0.1) is 31.3 Å². The Balaban J connectivity index is 1.80. The average molecular weight is 499 g/mol. The van der Waals surface area contributed by atoms with Crippen molar-refractivity contribution in [3.63, 3.8) is 0 Å². The minimum atomic E-state index is -4.09. The Bertz CT molecular complexity index is 1260. The molecule has 0 bridgehead atoms. The van der Waals surface area contributed by atoms with Crippen LogP contribution in [0.4, 0.5) is 5.69 Å². The topological polar surface area (TPSA) is 94.2 Å². The minimum absolute atomic E-state index is 0.0518. The maximum absolute atomic E-state index is 13.5. The van der Waals surface area contributed by atoms with Crippen molar-refractivity contribution in [1.82, 2.24) is 5.32 Å². The van der Waals surface area contributed by atoms with Gasteiger partial charge in [-0.25, -0.2) is 8.42 Å². The van der Waals surface area contributed by atoms with Gasteiger partial charge < -0.3 is 19.5 Å². The minimum Gasteiger partial charge on any atom is -0.497 e. The van der Waals surface area contributed by atoms with Crippen molar-refractivity contribution >= 4 is 21.6 Å². The van der Waals surface area contributed by atoms with E-state index in [0.717, 1.165) is 21.2 Å². The summed E-state index contributed by atoms with van der Waals surface area (Å²) in [4.78, 5) is 12.9. The SMILES string of the molecule is COc1ccc(OC)c(N(CC(=O)NCCOc2cccc(C)c2C)S(=O)(=O)c2ccccc2)c1. The molecule has 0 aliphatic heterocycles. The van der Waals surface area contributed by atoms with Gasteiger partial charge in [-0.1, -0.05) is 30.3 Å². The number of aryl methyl sites for hydroxylation is 1. The van der Waals surface area contributed by atoms with Crippen LogP contribution < -0.4 is 23.8 Å². The maximum atomic E-state index is 13.5. The fourth-order valence-corrected chi connectivity index (χ4v) is 4.87. The molecule has 0 atom stereocenters. The molecule has 3 aromatic rings. The number of nitrogens with zero attached hydrogens (tertiary/aromatic N) is 1. The number of carbonyl (C=O) groups excluding carboxylic acids is 1. The summed E-state index contributed by atoms with van der Waals surface area (Å²) in [5.74, 6) is 0.973. The zero-order chi connectivity index (χ0) is 25.4. The van der Waals surface area contributed by atoms with E-state index in [1.165, 1.54) is 32.4 Å². The van der Waals surface area contributed by atoms with Crippen LogP contribution in [0.2, 0.25) is 0 Å². The van der Waals surface area contributed by atoms with Crippen LogP contribution in [0, 0.1) is 13.8 Å². The first-order chi connectivity index (χ1) is 16.8. The van der Waals surface area contributed by atoms with E-state index in [9.17, 15) is 13.2 Å². The lowest BCUT2D eigenvalue weighted by atomic mass is 10.1. The summed E-state index contributed by atoms with van der Waals surface area (Å²) in [6, 6.07) is 18.5. The van der Waals surface area contributed by atoms with E-state index in [-0.39, 0.29) is 29.5 Å². The van der Waals surface area contributed by atoms with E-state index in [1.807, 2.05) is 32.0 Å². The summed E-state index contributed by atoms with van der Waals surface area (Å²) in [7, 11) is -1.17. The van der Waals surface area contributed by atoms with Gasteiger partial charge in [0.15, 0.2) is 0 Å². The van der Waals surface area contributed by atoms with Crippen LogP contribution in [0.25, 0.3) is 0 Å². The Morgan fingerprint density at radius 2 is 1.66 bits per heavy atom. The molecule has 9 heteroatoms. The molecule has 0 saturated heterocycles. The van der Waals surface area contributed by atoms with Crippen LogP contribution in [0.1, 0.15) is 11.1 Å².